The van der Waals surface area contributed by atoms with Gasteiger partial charge in [0.1, 0.15) is 0 Å². The zero-order valence-corrected chi connectivity index (χ0v) is 14.6. The zero-order chi connectivity index (χ0) is 18.5. The molecule has 7 nitrogen and oxygen atoms in total. The first-order valence-electron chi connectivity index (χ1n) is 8.08. The van der Waals surface area contributed by atoms with E-state index in [9.17, 15) is 4.79 Å². The van der Waals surface area contributed by atoms with Gasteiger partial charge in [-0.25, -0.2) is 4.79 Å². The van der Waals surface area contributed by atoms with Crippen LogP contribution >= 0.6 is 0 Å². The number of nitrogens with two attached hydrogens (primary N) is 1. The molecule has 0 aliphatic rings. The monoisotopic (exact) mass is 349 g/mol. The average molecular weight is 349 g/mol. The molecule has 0 atom stereocenters. The van der Waals surface area contributed by atoms with Crippen molar-refractivity contribution in [2.24, 2.45) is 0 Å². The van der Waals surface area contributed by atoms with Crippen molar-refractivity contribution in [2.75, 3.05) is 11.1 Å². The lowest BCUT2D eigenvalue weighted by atomic mass is 10.1. The van der Waals surface area contributed by atoms with E-state index in [0.717, 1.165) is 16.8 Å². The van der Waals surface area contributed by atoms with E-state index in [2.05, 4.69) is 20.3 Å². The van der Waals surface area contributed by atoms with E-state index in [1.165, 1.54) is 0 Å². The molecule has 0 aliphatic heterocycles. The molecule has 0 unspecified atom stereocenters. The molecule has 7 heteroatoms. The van der Waals surface area contributed by atoms with Crippen molar-refractivity contribution >= 4 is 23.6 Å². The summed E-state index contributed by atoms with van der Waals surface area (Å²) in [5.74, 6) is 0.175. The van der Waals surface area contributed by atoms with Gasteiger partial charge < -0.3 is 15.8 Å². The summed E-state index contributed by atoms with van der Waals surface area (Å²) in [4.78, 5) is 24.5. The largest absolute Gasteiger partial charge is 0.454 e. The van der Waals surface area contributed by atoms with Crippen molar-refractivity contribution in [1.29, 1.82) is 0 Å². The van der Waals surface area contributed by atoms with Crippen LogP contribution in [-0.4, -0.2) is 20.9 Å². The van der Waals surface area contributed by atoms with E-state index in [1.54, 1.807) is 12.1 Å². The summed E-state index contributed by atoms with van der Waals surface area (Å²) < 4.78 is 5.29. The number of ether oxygens (including phenoxy) is 1. The predicted molar refractivity (Wildman–Crippen MR) is 99.0 cm³/mol. The Morgan fingerprint density at radius 1 is 1.04 bits per heavy atom. The van der Waals surface area contributed by atoms with E-state index >= 15 is 0 Å². The van der Waals surface area contributed by atoms with Crippen molar-refractivity contribution in [3.8, 4) is 0 Å². The summed E-state index contributed by atoms with van der Waals surface area (Å²) in [6.45, 7) is 3.83. The molecule has 1 aromatic heterocycles. The zero-order valence-electron chi connectivity index (χ0n) is 14.6. The van der Waals surface area contributed by atoms with Crippen LogP contribution in [0.1, 0.15) is 27.3 Å². The van der Waals surface area contributed by atoms with Crippen LogP contribution in [0.3, 0.4) is 0 Å². The van der Waals surface area contributed by atoms with Crippen molar-refractivity contribution < 1.29 is 9.53 Å². The highest BCUT2D eigenvalue weighted by Crippen LogP contribution is 2.14. The summed E-state index contributed by atoms with van der Waals surface area (Å²) in [5, 5.41) is 3.04. The molecule has 0 amide bonds. The third-order valence-corrected chi connectivity index (χ3v) is 3.80. The van der Waals surface area contributed by atoms with E-state index in [0.29, 0.717) is 11.5 Å². The van der Waals surface area contributed by atoms with Gasteiger partial charge >= 0.3 is 5.97 Å². The molecule has 2 aromatic carbocycles. The van der Waals surface area contributed by atoms with Crippen molar-refractivity contribution in [2.45, 2.75) is 20.5 Å². The molecule has 0 saturated heterocycles. The van der Waals surface area contributed by atoms with Gasteiger partial charge in [0.2, 0.25) is 11.9 Å². The standard InChI is InChI=1S/C19H19N5O2/c1-12-8-9-14(10-13(12)2)17(25)26-11-16-22-18(20)24-19(23-16)21-15-6-4-3-5-7-15/h3-10H,11H2,1-2H3,(H3,20,21,22,23,24). The number of para-hydroxylation sites is 1. The lowest BCUT2D eigenvalue weighted by Crippen LogP contribution is -2.11. The minimum atomic E-state index is -0.440. The van der Waals surface area contributed by atoms with Crippen LogP contribution in [-0.2, 0) is 11.3 Å². The Kier molecular flexibility index (Phi) is 5.07. The first kappa shape index (κ1) is 17.3. The van der Waals surface area contributed by atoms with E-state index in [1.807, 2.05) is 50.2 Å². The minimum Gasteiger partial charge on any atom is -0.454 e. The van der Waals surface area contributed by atoms with Crippen molar-refractivity contribution in [1.82, 2.24) is 15.0 Å². The number of hydrogen-bond acceptors (Lipinski definition) is 7. The topological polar surface area (TPSA) is 103 Å². The average Bonchev–Trinajstić information content (AvgIpc) is 2.62. The number of carbonyl (C=O) groups is 1. The van der Waals surface area contributed by atoms with Gasteiger partial charge in [-0.05, 0) is 49.2 Å². The van der Waals surface area contributed by atoms with Crippen LogP contribution < -0.4 is 11.1 Å². The molecule has 26 heavy (non-hydrogen) atoms. The summed E-state index contributed by atoms with van der Waals surface area (Å²) in [6, 6.07) is 14.8. The molecule has 0 radical (unpaired) electrons. The number of nitrogens with one attached hydrogen (secondary N) is 1. The van der Waals surface area contributed by atoms with Crippen LogP contribution in [0.5, 0.6) is 0 Å². The second-order valence-corrected chi connectivity index (χ2v) is 5.80. The maximum Gasteiger partial charge on any atom is 0.338 e. The molecule has 0 bridgehead atoms. The molecule has 1 heterocycles. The number of hydrogen-bond donors (Lipinski definition) is 2. The summed E-state index contributed by atoms with van der Waals surface area (Å²) >= 11 is 0. The molecular formula is C19H19N5O2. The number of aromatic nitrogens is 3. The molecule has 132 valence electrons. The molecule has 3 aromatic rings. The van der Waals surface area contributed by atoms with E-state index in [4.69, 9.17) is 10.5 Å². The number of nitrogen functional groups attached to an aromatic ring is 1. The van der Waals surface area contributed by atoms with Gasteiger partial charge in [-0.1, -0.05) is 24.3 Å². The van der Waals surface area contributed by atoms with Crippen LogP contribution in [0.15, 0.2) is 48.5 Å². The van der Waals surface area contributed by atoms with Gasteiger partial charge in [0.15, 0.2) is 12.4 Å². The van der Waals surface area contributed by atoms with Crippen LogP contribution in [0.4, 0.5) is 17.6 Å². The summed E-state index contributed by atoms with van der Waals surface area (Å²) in [6.07, 6.45) is 0. The van der Waals surface area contributed by atoms with E-state index in [-0.39, 0.29) is 18.4 Å². The Bertz CT molecular complexity index is 928. The number of carbonyl (C=O) groups excluding carboxylic acids is 1. The van der Waals surface area contributed by atoms with Gasteiger partial charge in [-0.15, -0.1) is 0 Å². The minimum absolute atomic E-state index is 0.0515. The number of rotatable bonds is 5. The van der Waals surface area contributed by atoms with Crippen molar-refractivity contribution in [3.63, 3.8) is 0 Å². The van der Waals surface area contributed by atoms with Gasteiger partial charge in [-0.3, -0.25) is 0 Å². The summed E-state index contributed by atoms with van der Waals surface area (Å²) in [5.41, 5.74) is 9.16. The molecule has 3 rings (SSSR count). The number of nitrogens with zero attached hydrogens (tertiary/aromatic N) is 3. The van der Waals surface area contributed by atoms with Gasteiger partial charge in [0.25, 0.3) is 0 Å². The first-order chi connectivity index (χ1) is 12.5. The molecular weight excluding hydrogens is 330 g/mol. The lowest BCUT2D eigenvalue weighted by Gasteiger charge is -2.08. The Morgan fingerprint density at radius 3 is 2.54 bits per heavy atom. The molecule has 0 aliphatic carbocycles. The maximum atomic E-state index is 12.2. The van der Waals surface area contributed by atoms with Crippen molar-refractivity contribution in [3.05, 3.63) is 71.0 Å². The number of esters is 1. The maximum absolute atomic E-state index is 12.2. The fraction of sp³-hybridized carbons (Fsp3) is 0.158. The normalized spacial score (nSPS) is 10.4. The van der Waals surface area contributed by atoms with Crippen LogP contribution in [0.2, 0.25) is 0 Å². The lowest BCUT2D eigenvalue weighted by molar-refractivity contribution is 0.0462. The highest BCUT2D eigenvalue weighted by molar-refractivity contribution is 5.89. The fourth-order valence-electron chi connectivity index (χ4n) is 2.29. The fourth-order valence-corrected chi connectivity index (χ4v) is 2.29. The molecule has 0 spiro atoms. The molecule has 0 fully saturated rings. The molecule has 0 saturated carbocycles. The first-order valence-corrected chi connectivity index (χ1v) is 8.08. The SMILES string of the molecule is Cc1ccc(C(=O)OCc2nc(N)nc(Nc3ccccc3)n2)cc1C. The highest BCUT2D eigenvalue weighted by Gasteiger charge is 2.11. The second-order valence-electron chi connectivity index (χ2n) is 5.80. The summed E-state index contributed by atoms with van der Waals surface area (Å²) in [7, 11) is 0. The third kappa shape index (κ3) is 4.32. The van der Waals surface area contributed by atoms with Crippen LogP contribution in [0.25, 0.3) is 0 Å². The van der Waals surface area contributed by atoms with Gasteiger partial charge in [0.05, 0.1) is 5.56 Å². The number of benzene rings is 2. The Labute approximate surface area is 151 Å². The Hall–Kier alpha value is -3.48. The Balaban J connectivity index is 1.69. The third-order valence-electron chi connectivity index (χ3n) is 3.80. The van der Waals surface area contributed by atoms with E-state index < -0.39 is 5.97 Å². The number of aryl methyl sites for hydroxylation is 2. The van der Waals surface area contributed by atoms with Gasteiger partial charge in [-0.2, -0.15) is 15.0 Å². The molecule has 3 N–H and O–H groups in total. The highest BCUT2D eigenvalue weighted by atomic mass is 16.5. The predicted octanol–water partition coefficient (Wildman–Crippen LogP) is 3.17. The second kappa shape index (κ2) is 7.60. The quantitative estimate of drug-likeness (QED) is 0.682. The smallest absolute Gasteiger partial charge is 0.338 e. The Morgan fingerprint density at radius 2 is 1.81 bits per heavy atom. The van der Waals surface area contributed by atoms with Gasteiger partial charge in [0, 0.05) is 5.69 Å². The van der Waals surface area contributed by atoms with Crippen LogP contribution in [0, 0.1) is 13.8 Å². The number of anilines is 3.